The summed E-state index contributed by atoms with van der Waals surface area (Å²) >= 11 is 0. The molecule has 0 heterocycles. The number of rotatable bonds is 4. The molecule has 1 saturated carbocycles. The number of hydrogen-bond donors (Lipinski definition) is 0. The quantitative estimate of drug-likeness (QED) is 0.724. The Labute approximate surface area is 99.0 Å². The molecule has 1 aliphatic rings. The standard InChI is InChI=1S/C14H23NO/c1-10(2)15(11(3)4)12(5)13-6-8-14(16)9-7-13/h12-13H,1,3,6-9H2,2,4-5H3/t12-/m1/s1. The Kier molecular flexibility index (Phi) is 4.34. The lowest BCUT2D eigenvalue weighted by Gasteiger charge is -2.38. The minimum absolute atomic E-state index is 0.406. The number of allylic oxidation sites excluding steroid dienone is 2. The van der Waals surface area contributed by atoms with Crippen molar-refractivity contribution in [1.82, 2.24) is 4.90 Å². The topological polar surface area (TPSA) is 20.3 Å². The van der Waals surface area contributed by atoms with E-state index in [0.717, 1.165) is 37.1 Å². The van der Waals surface area contributed by atoms with Crippen LogP contribution in [0.15, 0.2) is 24.6 Å². The van der Waals surface area contributed by atoms with Crippen molar-refractivity contribution in [2.75, 3.05) is 0 Å². The molecular weight excluding hydrogens is 198 g/mol. The van der Waals surface area contributed by atoms with Crippen molar-refractivity contribution < 1.29 is 4.79 Å². The summed E-state index contributed by atoms with van der Waals surface area (Å²) in [5, 5.41) is 0. The first-order chi connectivity index (χ1) is 7.43. The maximum Gasteiger partial charge on any atom is 0.132 e. The number of carbonyl (C=O) groups is 1. The van der Waals surface area contributed by atoms with Crippen LogP contribution in [-0.2, 0) is 4.79 Å². The van der Waals surface area contributed by atoms with Crippen LogP contribution in [-0.4, -0.2) is 16.7 Å². The maximum atomic E-state index is 11.2. The summed E-state index contributed by atoms with van der Waals surface area (Å²) in [6.45, 7) is 14.2. The highest BCUT2D eigenvalue weighted by Crippen LogP contribution is 2.30. The molecule has 1 fully saturated rings. The fraction of sp³-hybridized carbons (Fsp3) is 0.643. The summed E-state index contributed by atoms with van der Waals surface area (Å²) in [5.41, 5.74) is 2.08. The molecule has 0 amide bonds. The first-order valence-corrected chi connectivity index (χ1v) is 6.05. The highest BCUT2D eigenvalue weighted by molar-refractivity contribution is 5.79. The molecule has 0 saturated heterocycles. The Bertz CT molecular complexity index is 282. The van der Waals surface area contributed by atoms with Gasteiger partial charge in [0.25, 0.3) is 0 Å². The van der Waals surface area contributed by atoms with Crippen molar-refractivity contribution in [2.45, 2.75) is 52.5 Å². The van der Waals surface area contributed by atoms with Gasteiger partial charge < -0.3 is 4.90 Å². The van der Waals surface area contributed by atoms with E-state index in [0.29, 0.717) is 17.7 Å². The third-order valence-corrected chi connectivity index (χ3v) is 3.50. The Morgan fingerprint density at radius 2 is 1.69 bits per heavy atom. The van der Waals surface area contributed by atoms with E-state index in [9.17, 15) is 4.79 Å². The molecule has 90 valence electrons. The maximum absolute atomic E-state index is 11.2. The molecule has 2 heteroatoms. The lowest BCUT2D eigenvalue weighted by atomic mass is 9.83. The van der Waals surface area contributed by atoms with E-state index >= 15 is 0 Å². The van der Waals surface area contributed by atoms with Crippen LogP contribution in [0, 0.1) is 5.92 Å². The second-order valence-electron chi connectivity index (χ2n) is 4.96. The van der Waals surface area contributed by atoms with Gasteiger partial charge in [0, 0.05) is 30.3 Å². The van der Waals surface area contributed by atoms with Gasteiger partial charge in [-0.05, 0) is 39.5 Å². The Morgan fingerprint density at radius 3 is 2.06 bits per heavy atom. The number of Topliss-reactive ketones (excluding diaryl/α,β-unsaturated/α-hetero) is 1. The smallest absolute Gasteiger partial charge is 0.132 e. The van der Waals surface area contributed by atoms with Crippen LogP contribution in [0.2, 0.25) is 0 Å². The van der Waals surface area contributed by atoms with E-state index in [2.05, 4.69) is 25.0 Å². The van der Waals surface area contributed by atoms with Gasteiger partial charge in [-0.15, -0.1) is 0 Å². The third-order valence-electron chi connectivity index (χ3n) is 3.50. The molecule has 1 aliphatic carbocycles. The first-order valence-electron chi connectivity index (χ1n) is 6.05. The predicted molar refractivity (Wildman–Crippen MR) is 67.9 cm³/mol. The molecule has 16 heavy (non-hydrogen) atoms. The van der Waals surface area contributed by atoms with Gasteiger partial charge in [0.15, 0.2) is 0 Å². The Hall–Kier alpha value is -1.05. The van der Waals surface area contributed by atoms with Gasteiger partial charge in [-0.2, -0.15) is 0 Å². The van der Waals surface area contributed by atoms with Crippen molar-refractivity contribution in [3.63, 3.8) is 0 Å². The van der Waals surface area contributed by atoms with Gasteiger partial charge in [-0.3, -0.25) is 4.79 Å². The summed E-state index contributed by atoms with van der Waals surface area (Å²) in [6, 6.07) is 0.406. The van der Waals surface area contributed by atoms with Crippen LogP contribution in [0.1, 0.15) is 46.5 Å². The van der Waals surface area contributed by atoms with Crippen LogP contribution in [0.5, 0.6) is 0 Å². The average molecular weight is 221 g/mol. The third kappa shape index (κ3) is 2.97. The highest BCUT2D eigenvalue weighted by atomic mass is 16.1. The zero-order valence-corrected chi connectivity index (χ0v) is 10.8. The Balaban J connectivity index is 2.67. The largest absolute Gasteiger partial charge is 0.347 e. The fourth-order valence-corrected chi connectivity index (χ4v) is 2.68. The summed E-state index contributed by atoms with van der Waals surface area (Å²) < 4.78 is 0. The van der Waals surface area contributed by atoms with E-state index in [1.165, 1.54) is 0 Å². The van der Waals surface area contributed by atoms with Crippen molar-refractivity contribution in [3.05, 3.63) is 24.6 Å². The van der Waals surface area contributed by atoms with Crippen molar-refractivity contribution in [2.24, 2.45) is 5.92 Å². The lowest BCUT2D eigenvalue weighted by Crippen LogP contribution is -2.37. The Morgan fingerprint density at radius 1 is 1.25 bits per heavy atom. The minimum Gasteiger partial charge on any atom is -0.347 e. The van der Waals surface area contributed by atoms with Gasteiger partial charge in [-0.1, -0.05) is 13.2 Å². The zero-order chi connectivity index (χ0) is 12.3. The average Bonchev–Trinajstić information content (AvgIpc) is 2.17. The molecule has 0 radical (unpaired) electrons. The van der Waals surface area contributed by atoms with Gasteiger partial charge in [0.1, 0.15) is 5.78 Å². The van der Waals surface area contributed by atoms with Gasteiger partial charge in [0.2, 0.25) is 0 Å². The van der Waals surface area contributed by atoms with Gasteiger partial charge in [-0.25, -0.2) is 0 Å². The van der Waals surface area contributed by atoms with Gasteiger partial charge >= 0.3 is 0 Å². The van der Waals surface area contributed by atoms with E-state index in [1.54, 1.807) is 0 Å². The molecule has 0 aromatic heterocycles. The van der Waals surface area contributed by atoms with Crippen LogP contribution < -0.4 is 0 Å². The van der Waals surface area contributed by atoms with Crippen LogP contribution in [0.25, 0.3) is 0 Å². The summed E-state index contributed by atoms with van der Waals surface area (Å²) in [7, 11) is 0. The molecule has 1 atom stereocenters. The lowest BCUT2D eigenvalue weighted by molar-refractivity contribution is -0.121. The molecule has 0 aromatic carbocycles. The SMILES string of the molecule is C=C(C)N(C(=C)C)[C@H](C)C1CCC(=O)CC1. The van der Waals surface area contributed by atoms with Crippen molar-refractivity contribution in [1.29, 1.82) is 0 Å². The summed E-state index contributed by atoms with van der Waals surface area (Å²) in [6.07, 6.45) is 3.51. The van der Waals surface area contributed by atoms with E-state index < -0.39 is 0 Å². The number of hydrogen-bond acceptors (Lipinski definition) is 2. The first kappa shape index (κ1) is 13.0. The molecular formula is C14H23NO. The minimum atomic E-state index is 0.406. The second-order valence-corrected chi connectivity index (χ2v) is 4.96. The zero-order valence-electron chi connectivity index (χ0n) is 10.8. The highest BCUT2D eigenvalue weighted by Gasteiger charge is 2.27. The van der Waals surface area contributed by atoms with E-state index in [1.807, 2.05) is 13.8 Å². The monoisotopic (exact) mass is 221 g/mol. The van der Waals surface area contributed by atoms with Gasteiger partial charge in [0.05, 0.1) is 0 Å². The summed E-state index contributed by atoms with van der Waals surface area (Å²) in [5.74, 6) is 1.01. The van der Waals surface area contributed by atoms with Crippen LogP contribution in [0.4, 0.5) is 0 Å². The molecule has 0 bridgehead atoms. The number of ketones is 1. The predicted octanol–water partition coefficient (Wildman–Crippen LogP) is 3.50. The van der Waals surface area contributed by atoms with E-state index in [4.69, 9.17) is 0 Å². The van der Waals surface area contributed by atoms with Crippen LogP contribution >= 0.6 is 0 Å². The normalized spacial score (nSPS) is 19.3. The molecule has 0 unspecified atom stereocenters. The molecule has 0 N–H and O–H groups in total. The number of carbonyl (C=O) groups excluding carboxylic acids is 1. The molecule has 2 nitrogen and oxygen atoms in total. The molecule has 0 aromatic rings. The number of nitrogens with zero attached hydrogens (tertiary/aromatic N) is 1. The molecule has 0 spiro atoms. The van der Waals surface area contributed by atoms with Crippen molar-refractivity contribution in [3.8, 4) is 0 Å². The van der Waals surface area contributed by atoms with Crippen LogP contribution in [0.3, 0.4) is 0 Å². The van der Waals surface area contributed by atoms with E-state index in [-0.39, 0.29) is 0 Å². The molecule has 0 aliphatic heterocycles. The fourth-order valence-electron chi connectivity index (χ4n) is 2.68. The summed E-state index contributed by atoms with van der Waals surface area (Å²) in [4.78, 5) is 13.4. The molecule has 1 rings (SSSR count). The van der Waals surface area contributed by atoms with Crippen molar-refractivity contribution >= 4 is 5.78 Å². The second kappa shape index (κ2) is 5.33.